The molecule has 0 unspecified atom stereocenters. The Kier molecular flexibility index (Phi) is 9.21. The molecule has 12 nitrogen and oxygen atoms in total. The molecular weight excluding hydrogens is 603 g/mol. The number of imidazole rings is 1. The number of H-pyrrole nitrogens is 1. The van der Waals surface area contributed by atoms with Crippen molar-refractivity contribution in [2.24, 2.45) is 5.92 Å². The summed E-state index contributed by atoms with van der Waals surface area (Å²) in [5, 5.41) is 18.2. The van der Waals surface area contributed by atoms with Crippen LogP contribution in [-0.2, 0) is 23.9 Å². The molecule has 3 N–H and O–H groups in total. The zero-order valence-electron chi connectivity index (χ0n) is 23.5. The Morgan fingerprint density at radius 1 is 1.11 bits per heavy atom. The maximum absolute atomic E-state index is 13.4. The number of halogens is 4. The van der Waals surface area contributed by atoms with Gasteiger partial charge in [0, 0.05) is 67.9 Å². The van der Waals surface area contributed by atoms with Gasteiger partial charge in [-0.25, -0.2) is 4.98 Å². The van der Waals surface area contributed by atoms with Gasteiger partial charge in [-0.1, -0.05) is 11.6 Å². The van der Waals surface area contributed by atoms with Crippen molar-refractivity contribution < 1.29 is 27.6 Å². The lowest BCUT2D eigenvalue weighted by molar-refractivity contribution is -0.142. The fourth-order valence-corrected chi connectivity index (χ4v) is 5.60. The lowest BCUT2D eigenvalue weighted by Crippen LogP contribution is -2.52. The van der Waals surface area contributed by atoms with Gasteiger partial charge in [-0.3, -0.25) is 19.1 Å². The second-order valence-corrected chi connectivity index (χ2v) is 11.0. The third-order valence-corrected chi connectivity index (χ3v) is 7.90. The molecule has 3 amide bonds. The number of amides is 3. The van der Waals surface area contributed by atoms with Crippen LogP contribution in [0.25, 0.3) is 0 Å². The summed E-state index contributed by atoms with van der Waals surface area (Å²) < 4.78 is 41.1. The molecule has 3 aromatic rings. The van der Waals surface area contributed by atoms with Crippen LogP contribution in [0, 0.1) is 17.2 Å². The number of alkyl halides is 3. The van der Waals surface area contributed by atoms with Crippen LogP contribution in [0.4, 0.5) is 18.9 Å². The number of anilines is 1. The minimum Gasteiger partial charge on any atom is -0.339 e. The van der Waals surface area contributed by atoms with Crippen LogP contribution in [0.15, 0.2) is 30.6 Å². The van der Waals surface area contributed by atoms with Gasteiger partial charge in [0.25, 0.3) is 11.8 Å². The summed E-state index contributed by atoms with van der Waals surface area (Å²) in [7, 11) is 0. The second-order valence-electron chi connectivity index (χ2n) is 10.6. The van der Waals surface area contributed by atoms with Crippen molar-refractivity contribution in [2.45, 2.75) is 32.0 Å². The number of benzene rings is 1. The number of carbonyl (C=O) groups is 3. The summed E-state index contributed by atoms with van der Waals surface area (Å²) in [5.41, 5.74) is -0.534. The summed E-state index contributed by atoms with van der Waals surface area (Å²) >= 11 is 6.41. The van der Waals surface area contributed by atoms with E-state index in [1.165, 1.54) is 24.4 Å². The number of aromatic amines is 1. The summed E-state index contributed by atoms with van der Waals surface area (Å²) in [6.45, 7) is 2.98. The number of piperidine rings is 1. The van der Waals surface area contributed by atoms with E-state index in [0.29, 0.717) is 26.2 Å². The van der Waals surface area contributed by atoms with E-state index < -0.39 is 17.8 Å². The highest BCUT2D eigenvalue weighted by Gasteiger charge is 2.37. The average molecular weight is 632 g/mol. The van der Waals surface area contributed by atoms with Crippen LogP contribution in [-0.4, -0.2) is 86.5 Å². The number of carbonyl (C=O) groups excluding carboxylic acids is 3. The zero-order valence-corrected chi connectivity index (χ0v) is 24.2. The molecule has 2 aliphatic heterocycles. The fraction of sp³-hybridized carbons (Fsp3) is 0.429. The lowest BCUT2D eigenvalue weighted by Gasteiger charge is -2.37. The van der Waals surface area contributed by atoms with Gasteiger partial charge in [0.1, 0.15) is 6.54 Å². The van der Waals surface area contributed by atoms with Gasteiger partial charge in [-0.15, -0.1) is 0 Å². The Morgan fingerprint density at radius 2 is 1.82 bits per heavy atom. The molecule has 44 heavy (non-hydrogen) atoms. The fourth-order valence-electron chi connectivity index (χ4n) is 5.34. The smallest absolute Gasteiger partial charge is 0.339 e. The number of aromatic nitrogens is 4. The first-order valence-corrected chi connectivity index (χ1v) is 14.4. The van der Waals surface area contributed by atoms with E-state index in [0.717, 1.165) is 36.8 Å². The van der Waals surface area contributed by atoms with Gasteiger partial charge in [-0.2, -0.15) is 23.5 Å². The van der Waals surface area contributed by atoms with Gasteiger partial charge in [-0.05, 0) is 44.1 Å². The van der Waals surface area contributed by atoms with Crippen LogP contribution in [0.3, 0.4) is 0 Å². The van der Waals surface area contributed by atoms with Crippen LogP contribution >= 0.6 is 11.6 Å². The number of nitriles is 1. The number of rotatable bonds is 7. The zero-order chi connectivity index (χ0) is 31.4. The molecule has 0 spiro atoms. The minimum atomic E-state index is -4.72. The van der Waals surface area contributed by atoms with E-state index in [1.54, 1.807) is 11.0 Å². The molecule has 0 atom stereocenters. The Labute approximate surface area is 255 Å². The number of piperazine rings is 1. The standard InChI is InChI=1S/C28H29ClF3N9O3/c29-22-14-19(1-2-21(22)27(44)40-11-9-39(10-12-40)26(43)17-3-6-34-7-4-17)37-25(42)24-35-15-20(36-24)13-18-16-41(8-5-33)38-23(18)28(30,31)32/h1-2,14-17,34H,3-4,6-13H2,(H,35,36)(H,37,42). The van der Waals surface area contributed by atoms with Gasteiger partial charge < -0.3 is 25.4 Å². The molecule has 2 saturated heterocycles. The largest absolute Gasteiger partial charge is 0.435 e. The van der Waals surface area contributed by atoms with Crippen molar-refractivity contribution in [3.05, 3.63) is 64.0 Å². The Balaban J connectivity index is 1.18. The van der Waals surface area contributed by atoms with Gasteiger partial charge in [0.05, 0.1) is 16.7 Å². The maximum Gasteiger partial charge on any atom is 0.435 e. The SMILES string of the molecule is N#CCn1cc(Cc2cnc(C(=O)Nc3ccc(C(=O)N4CCN(C(=O)C5CCNCC5)CC4)c(Cl)c3)[nH]2)c(C(F)(F)F)n1. The number of hydrogen-bond acceptors (Lipinski definition) is 7. The van der Waals surface area contributed by atoms with E-state index >= 15 is 0 Å². The van der Waals surface area contributed by atoms with Crippen LogP contribution in [0.1, 0.15) is 50.8 Å². The third-order valence-electron chi connectivity index (χ3n) is 7.59. The molecule has 2 aromatic heterocycles. The van der Waals surface area contributed by atoms with E-state index in [9.17, 15) is 27.6 Å². The lowest BCUT2D eigenvalue weighted by atomic mass is 9.96. The molecule has 5 rings (SSSR count). The van der Waals surface area contributed by atoms with Crippen molar-refractivity contribution in [2.75, 3.05) is 44.6 Å². The molecule has 2 fully saturated rings. The molecule has 0 radical (unpaired) electrons. The Bertz CT molecular complexity index is 1580. The van der Waals surface area contributed by atoms with Crippen molar-refractivity contribution in [3.63, 3.8) is 0 Å². The Hall–Kier alpha value is -4.42. The van der Waals surface area contributed by atoms with Crippen LogP contribution in [0.5, 0.6) is 0 Å². The molecule has 0 aliphatic carbocycles. The molecule has 232 valence electrons. The summed E-state index contributed by atoms with van der Waals surface area (Å²) in [6.07, 6.45) is -0.960. The Morgan fingerprint density at radius 3 is 2.48 bits per heavy atom. The quantitative estimate of drug-likeness (QED) is 0.363. The first kappa shape index (κ1) is 31.0. The number of nitrogens with zero attached hydrogens (tertiary/aromatic N) is 6. The highest BCUT2D eigenvalue weighted by atomic mass is 35.5. The van der Waals surface area contributed by atoms with Crippen molar-refractivity contribution in [3.8, 4) is 6.07 Å². The summed E-state index contributed by atoms with van der Waals surface area (Å²) in [5.74, 6) is -0.943. The van der Waals surface area contributed by atoms with Crippen molar-refractivity contribution in [1.29, 1.82) is 5.26 Å². The van der Waals surface area contributed by atoms with E-state index in [4.69, 9.17) is 16.9 Å². The van der Waals surface area contributed by atoms with E-state index in [2.05, 4.69) is 25.7 Å². The number of hydrogen-bond donors (Lipinski definition) is 3. The minimum absolute atomic E-state index is 0.0194. The van der Waals surface area contributed by atoms with Crippen molar-refractivity contribution >= 4 is 35.0 Å². The third kappa shape index (κ3) is 7.03. The highest BCUT2D eigenvalue weighted by Crippen LogP contribution is 2.32. The first-order chi connectivity index (χ1) is 21.0. The molecule has 4 heterocycles. The van der Waals surface area contributed by atoms with Gasteiger partial charge in [0.2, 0.25) is 5.91 Å². The monoisotopic (exact) mass is 631 g/mol. The van der Waals surface area contributed by atoms with Crippen molar-refractivity contribution in [1.82, 2.24) is 34.9 Å². The first-order valence-electron chi connectivity index (χ1n) is 14.0. The number of nitrogens with one attached hydrogen (secondary N) is 3. The predicted octanol–water partition coefficient (Wildman–Crippen LogP) is 2.93. The molecule has 0 bridgehead atoms. The topological polar surface area (TPSA) is 152 Å². The molecular formula is C28H29ClF3N9O3. The predicted molar refractivity (Wildman–Crippen MR) is 152 cm³/mol. The highest BCUT2D eigenvalue weighted by molar-refractivity contribution is 6.34. The molecule has 0 saturated carbocycles. The van der Waals surface area contributed by atoms with Gasteiger partial charge >= 0.3 is 6.18 Å². The summed E-state index contributed by atoms with van der Waals surface area (Å²) in [6, 6.07) is 6.17. The average Bonchev–Trinajstić information content (AvgIpc) is 3.65. The van der Waals surface area contributed by atoms with E-state index in [-0.39, 0.29) is 64.1 Å². The normalized spacial score (nSPS) is 16.1. The van der Waals surface area contributed by atoms with Gasteiger partial charge in [0.15, 0.2) is 11.5 Å². The second kappa shape index (κ2) is 13.1. The molecule has 16 heteroatoms. The van der Waals surface area contributed by atoms with Crippen LogP contribution in [0.2, 0.25) is 5.02 Å². The van der Waals surface area contributed by atoms with Crippen LogP contribution < -0.4 is 10.6 Å². The van der Waals surface area contributed by atoms with E-state index in [1.807, 2.05) is 4.90 Å². The summed E-state index contributed by atoms with van der Waals surface area (Å²) in [4.78, 5) is 48.9. The molecule has 1 aromatic carbocycles. The molecule has 2 aliphatic rings. The maximum atomic E-state index is 13.4.